The van der Waals surface area contributed by atoms with Crippen LogP contribution in [0.4, 0.5) is 4.39 Å². The Kier molecular flexibility index (Phi) is 5.03. The van der Waals surface area contributed by atoms with Crippen LogP contribution in [0.2, 0.25) is 0 Å². The number of carbonyl (C=O) groups excluding carboxylic acids is 1. The molecule has 0 fully saturated rings. The van der Waals surface area contributed by atoms with Crippen LogP contribution in [0.1, 0.15) is 31.1 Å². The van der Waals surface area contributed by atoms with E-state index in [4.69, 9.17) is 5.11 Å². The van der Waals surface area contributed by atoms with Gasteiger partial charge in [-0.25, -0.2) is 4.39 Å². The molecule has 0 aliphatic heterocycles. The average molecular weight is 267 g/mol. The second-order valence-electron chi connectivity index (χ2n) is 4.80. The van der Waals surface area contributed by atoms with Crippen LogP contribution in [0, 0.1) is 11.7 Å². The summed E-state index contributed by atoms with van der Waals surface area (Å²) in [6.07, 6.45) is 0. The van der Waals surface area contributed by atoms with Crippen LogP contribution in [-0.2, 0) is 4.79 Å². The SMILES string of the molecule is CC(CN(C(=O)c1cccc(F)c1)C(C)C)C(=O)O. The summed E-state index contributed by atoms with van der Waals surface area (Å²) in [6.45, 7) is 5.23. The highest BCUT2D eigenvalue weighted by molar-refractivity contribution is 5.94. The fourth-order valence-electron chi connectivity index (χ4n) is 1.69. The Hall–Kier alpha value is -1.91. The Labute approximate surface area is 111 Å². The van der Waals surface area contributed by atoms with E-state index in [1.165, 1.54) is 30.0 Å². The highest BCUT2D eigenvalue weighted by Crippen LogP contribution is 2.12. The van der Waals surface area contributed by atoms with Gasteiger partial charge in [0, 0.05) is 18.2 Å². The molecule has 4 nitrogen and oxygen atoms in total. The Balaban J connectivity index is 2.93. The fourth-order valence-corrected chi connectivity index (χ4v) is 1.69. The van der Waals surface area contributed by atoms with Crippen LogP contribution in [0.25, 0.3) is 0 Å². The number of carboxylic acid groups (broad SMARTS) is 1. The number of rotatable bonds is 5. The van der Waals surface area contributed by atoms with Crippen molar-refractivity contribution in [3.63, 3.8) is 0 Å². The zero-order valence-corrected chi connectivity index (χ0v) is 11.3. The molecule has 0 aliphatic carbocycles. The molecule has 1 N–H and O–H groups in total. The van der Waals surface area contributed by atoms with Gasteiger partial charge in [-0.1, -0.05) is 13.0 Å². The van der Waals surface area contributed by atoms with Gasteiger partial charge in [0.15, 0.2) is 0 Å². The molecule has 1 atom stereocenters. The van der Waals surface area contributed by atoms with Crippen molar-refractivity contribution in [1.29, 1.82) is 0 Å². The van der Waals surface area contributed by atoms with E-state index in [9.17, 15) is 14.0 Å². The molecule has 19 heavy (non-hydrogen) atoms. The zero-order chi connectivity index (χ0) is 14.6. The summed E-state index contributed by atoms with van der Waals surface area (Å²) >= 11 is 0. The lowest BCUT2D eigenvalue weighted by Crippen LogP contribution is -2.41. The lowest BCUT2D eigenvalue weighted by atomic mass is 10.1. The molecule has 1 rings (SSSR count). The number of carbonyl (C=O) groups is 2. The van der Waals surface area contributed by atoms with E-state index in [0.717, 1.165) is 6.07 Å². The van der Waals surface area contributed by atoms with E-state index in [2.05, 4.69) is 0 Å². The topological polar surface area (TPSA) is 57.6 Å². The number of benzene rings is 1. The maximum Gasteiger partial charge on any atom is 0.308 e. The largest absolute Gasteiger partial charge is 0.481 e. The van der Waals surface area contributed by atoms with Crippen LogP contribution in [-0.4, -0.2) is 34.5 Å². The highest BCUT2D eigenvalue weighted by Gasteiger charge is 2.23. The first-order chi connectivity index (χ1) is 8.82. The summed E-state index contributed by atoms with van der Waals surface area (Å²) in [5, 5.41) is 8.91. The summed E-state index contributed by atoms with van der Waals surface area (Å²) in [5.41, 5.74) is 0.228. The third-order valence-corrected chi connectivity index (χ3v) is 2.85. The second-order valence-corrected chi connectivity index (χ2v) is 4.80. The van der Waals surface area contributed by atoms with Gasteiger partial charge < -0.3 is 10.0 Å². The van der Waals surface area contributed by atoms with E-state index in [1.807, 2.05) is 0 Å². The van der Waals surface area contributed by atoms with E-state index < -0.39 is 17.7 Å². The fraction of sp³-hybridized carbons (Fsp3) is 0.429. The molecule has 0 bridgehead atoms. The molecule has 0 spiro atoms. The van der Waals surface area contributed by atoms with Crippen molar-refractivity contribution in [3.8, 4) is 0 Å². The predicted octanol–water partition coefficient (Wildman–Crippen LogP) is 2.40. The molecular formula is C14H18FNO3. The van der Waals surface area contributed by atoms with E-state index in [0.29, 0.717) is 0 Å². The van der Waals surface area contributed by atoms with Gasteiger partial charge in [-0.05, 0) is 32.0 Å². The molecule has 0 saturated heterocycles. The Morgan fingerprint density at radius 1 is 1.32 bits per heavy atom. The first kappa shape index (κ1) is 15.1. The molecule has 1 aromatic carbocycles. The van der Waals surface area contributed by atoms with Crippen molar-refractivity contribution in [2.24, 2.45) is 5.92 Å². The minimum absolute atomic E-state index is 0.0996. The summed E-state index contributed by atoms with van der Waals surface area (Å²) in [4.78, 5) is 24.6. The van der Waals surface area contributed by atoms with Crippen molar-refractivity contribution in [2.45, 2.75) is 26.8 Å². The van der Waals surface area contributed by atoms with Gasteiger partial charge in [-0.2, -0.15) is 0 Å². The van der Waals surface area contributed by atoms with Crippen LogP contribution in [0.3, 0.4) is 0 Å². The third kappa shape index (κ3) is 4.05. The first-order valence-corrected chi connectivity index (χ1v) is 6.12. The van der Waals surface area contributed by atoms with E-state index in [1.54, 1.807) is 13.8 Å². The molecule has 0 aliphatic rings. The normalized spacial score (nSPS) is 12.3. The monoisotopic (exact) mass is 267 g/mol. The van der Waals surface area contributed by atoms with Gasteiger partial charge >= 0.3 is 5.97 Å². The molecule has 5 heteroatoms. The van der Waals surface area contributed by atoms with Gasteiger partial charge in [-0.3, -0.25) is 9.59 Å². The molecule has 0 heterocycles. The molecule has 1 unspecified atom stereocenters. The van der Waals surface area contributed by atoms with Crippen LogP contribution in [0.5, 0.6) is 0 Å². The van der Waals surface area contributed by atoms with Crippen LogP contribution >= 0.6 is 0 Å². The minimum Gasteiger partial charge on any atom is -0.481 e. The summed E-state index contributed by atoms with van der Waals surface area (Å²) in [6, 6.07) is 5.24. The molecule has 104 valence electrons. The zero-order valence-electron chi connectivity index (χ0n) is 11.3. The van der Waals surface area contributed by atoms with Crippen molar-refractivity contribution in [3.05, 3.63) is 35.6 Å². The number of halogens is 1. The maximum atomic E-state index is 13.1. The number of nitrogens with zero attached hydrogens (tertiary/aromatic N) is 1. The van der Waals surface area contributed by atoms with Gasteiger partial charge in [-0.15, -0.1) is 0 Å². The summed E-state index contributed by atoms with van der Waals surface area (Å²) in [5.74, 6) is -2.47. The Morgan fingerprint density at radius 2 is 1.95 bits per heavy atom. The molecule has 1 aromatic rings. The number of amides is 1. The minimum atomic E-state index is -0.960. The van der Waals surface area contributed by atoms with Crippen molar-refractivity contribution in [2.75, 3.05) is 6.54 Å². The van der Waals surface area contributed by atoms with E-state index in [-0.39, 0.29) is 24.1 Å². The number of hydrogen-bond acceptors (Lipinski definition) is 2. The molecule has 1 amide bonds. The maximum absolute atomic E-state index is 13.1. The smallest absolute Gasteiger partial charge is 0.308 e. The van der Waals surface area contributed by atoms with Crippen LogP contribution in [0.15, 0.2) is 24.3 Å². The Morgan fingerprint density at radius 3 is 2.42 bits per heavy atom. The first-order valence-electron chi connectivity index (χ1n) is 6.12. The number of aliphatic carboxylic acids is 1. The average Bonchev–Trinajstić information content (AvgIpc) is 2.34. The quantitative estimate of drug-likeness (QED) is 0.891. The molecule has 0 radical (unpaired) electrons. The summed E-state index contributed by atoms with van der Waals surface area (Å²) in [7, 11) is 0. The molecule has 0 aromatic heterocycles. The van der Waals surface area contributed by atoms with Crippen LogP contribution < -0.4 is 0 Å². The number of carboxylic acids is 1. The number of hydrogen-bond donors (Lipinski definition) is 1. The van der Waals surface area contributed by atoms with Gasteiger partial charge in [0.25, 0.3) is 5.91 Å². The van der Waals surface area contributed by atoms with Gasteiger partial charge in [0.05, 0.1) is 5.92 Å². The third-order valence-electron chi connectivity index (χ3n) is 2.85. The Bertz CT molecular complexity index is 474. The summed E-state index contributed by atoms with van der Waals surface area (Å²) < 4.78 is 13.1. The predicted molar refractivity (Wildman–Crippen MR) is 69.4 cm³/mol. The molecular weight excluding hydrogens is 249 g/mol. The van der Waals surface area contributed by atoms with Crippen molar-refractivity contribution < 1.29 is 19.1 Å². The van der Waals surface area contributed by atoms with Gasteiger partial charge in [0.1, 0.15) is 5.82 Å². The standard InChI is InChI=1S/C14H18FNO3/c1-9(2)16(8-10(3)14(18)19)13(17)11-5-4-6-12(15)7-11/h4-7,9-10H,8H2,1-3H3,(H,18,19). The van der Waals surface area contributed by atoms with E-state index >= 15 is 0 Å². The van der Waals surface area contributed by atoms with Crippen molar-refractivity contribution in [1.82, 2.24) is 4.90 Å². The highest BCUT2D eigenvalue weighted by atomic mass is 19.1. The van der Waals surface area contributed by atoms with Gasteiger partial charge in [0.2, 0.25) is 0 Å². The molecule has 0 saturated carbocycles. The lowest BCUT2D eigenvalue weighted by molar-refractivity contribution is -0.141. The van der Waals surface area contributed by atoms with Crippen molar-refractivity contribution >= 4 is 11.9 Å². The second kappa shape index (κ2) is 6.31. The lowest BCUT2D eigenvalue weighted by Gasteiger charge is -2.28.